The molecule has 0 radical (unpaired) electrons. The highest BCUT2D eigenvalue weighted by Gasteiger charge is 2.56. The van der Waals surface area contributed by atoms with E-state index >= 15 is 0 Å². The van der Waals surface area contributed by atoms with Gasteiger partial charge in [-0.15, -0.1) is 11.8 Å². The standard InChI is InChI=1S/C16H14F5N5S2/c1-2-28-14-12(13-22-6-4-11(27)26(13)25-14)10-8-23-9(7-24-10)3-5-15(17,18)16(19,20)21/h4,6-8,25H,2-3,5H2,1H3. The monoisotopic (exact) mass is 435 g/mol. The summed E-state index contributed by atoms with van der Waals surface area (Å²) in [6.07, 6.45) is -3.43. The summed E-state index contributed by atoms with van der Waals surface area (Å²) in [6, 6.07) is 1.65. The van der Waals surface area contributed by atoms with E-state index in [-0.39, 0.29) is 5.69 Å². The minimum atomic E-state index is -5.58. The summed E-state index contributed by atoms with van der Waals surface area (Å²) in [5, 5.41) is 3.88. The van der Waals surface area contributed by atoms with Gasteiger partial charge in [0.2, 0.25) is 0 Å². The average Bonchev–Trinajstić information content (AvgIpc) is 2.99. The van der Waals surface area contributed by atoms with Crippen LogP contribution in [0.5, 0.6) is 0 Å². The number of aromatic nitrogens is 5. The molecule has 3 heterocycles. The molecule has 0 saturated heterocycles. The molecule has 3 aromatic heterocycles. The predicted molar refractivity (Wildman–Crippen MR) is 97.1 cm³/mol. The van der Waals surface area contributed by atoms with E-state index in [1.54, 1.807) is 16.8 Å². The van der Waals surface area contributed by atoms with Crippen LogP contribution >= 0.6 is 24.0 Å². The zero-order valence-electron chi connectivity index (χ0n) is 14.4. The van der Waals surface area contributed by atoms with Gasteiger partial charge in [-0.1, -0.05) is 19.1 Å². The number of aryl methyl sites for hydroxylation is 1. The number of halogens is 5. The molecule has 0 saturated carbocycles. The van der Waals surface area contributed by atoms with Gasteiger partial charge >= 0.3 is 12.1 Å². The van der Waals surface area contributed by atoms with Crippen molar-refractivity contribution in [3.63, 3.8) is 0 Å². The van der Waals surface area contributed by atoms with E-state index in [9.17, 15) is 22.0 Å². The molecular weight excluding hydrogens is 421 g/mol. The van der Waals surface area contributed by atoms with Gasteiger partial charge in [0.15, 0.2) is 5.65 Å². The molecular formula is C16H14F5N5S2. The highest BCUT2D eigenvalue weighted by Crippen LogP contribution is 2.38. The first-order valence-electron chi connectivity index (χ1n) is 8.12. The second kappa shape index (κ2) is 7.74. The highest BCUT2D eigenvalue weighted by molar-refractivity contribution is 7.99. The maximum absolute atomic E-state index is 13.1. The number of alkyl halides is 5. The summed E-state index contributed by atoms with van der Waals surface area (Å²) in [5.74, 6) is -4.01. The maximum Gasteiger partial charge on any atom is 0.453 e. The van der Waals surface area contributed by atoms with Crippen molar-refractivity contribution < 1.29 is 22.0 Å². The second-order valence-electron chi connectivity index (χ2n) is 5.79. The topological polar surface area (TPSA) is 58.9 Å². The van der Waals surface area contributed by atoms with Crippen LogP contribution in [0.25, 0.3) is 16.9 Å². The van der Waals surface area contributed by atoms with Crippen LogP contribution < -0.4 is 0 Å². The van der Waals surface area contributed by atoms with Crippen LogP contribution in [0.4, 0.5) is 22.0 Å². The van der Waals surface area contributed by atoms with Crippen molar-refractivity contribution in [1.29, 1.82) is 0 Å². The van der Waals surface area contributed by atoms with Gasteiger partial charge in [0.1, 0.15) is 9.67 Å². The summed E-state index contributed by atoms with van der Waals surface area (Å²) in [7, 11) is 0. The van der Waals surface area contributed by atoms with E-state index in [1.165, 1.54) is 24.2 Å². The molecule has 0 aromatic carbocycles. The number of nitrogens with zero attached hydrogens (tertiary/aromatic N) is 4. The van der Waals surface area contributed by atoms with Crippen molar-refractivity contribution in [2.45, 2.75) is 36.9 Å². The fraction of sp³-hybridized carbons (Fsp3) is 0.375. The lowest BCUT2D eigenvalue weighted by Gasteiger charge is -2.18. The van der Waals surface area contributed by atoms with Gasteiger partial charge in [-0.3, -0.25) is 15.1 Å². The largest absolute Gasteiger partial charge is 0.453 e. The minimum Gasteiger partial charge on any atom is -0.284 e. The normalized spacial score (nSPS) is 12.6. The van der Waals surface area contributed by atoms with E-state index in [1.807, 2.05) is 6.92 Å². The number of H-pyrrole nitrogens is 1. The lowest BCUT2D eigenvalue weighted by atomic mass is 10.1. The molecule has 3 aromatic rings. The SMILES string of the molecule is CCSc1[nH]n2c(=S)ccnc2c1-c1cnc(CCC(F)(F)C(F)(F)F)cn1. The third kappa shape index (κ3) is 4.02. The Morgan fingerprint density at radius 2 is 1.89 bits per heavy atom. The van der Waals surface area contributed by atoms with Crippen LogP contribution in [0.1, 0.15) is 19.0 Å². The van der Waals surface area contributed by atoms with Crippen LogP contribution in [0.3, 0.4) is 0 Å². The van der Waals surface area contributed by atoms with Crippen molar-refractivity contribution in [2.24, 2.45) is 0 Å². The zero-order valence-corrected chi connectivity index (χ0v) is 16.1. The molecule has 0 aliphatic heterocycles. The molecule has 3 rings (SSSR count). The molecule has 0 fully saturated rings. The lowest BCUT2D eigenvalue weighted by molar-refractivity contribution is -0.284. The number of nitrogens with one attached hydrogen (secondary N) is 1. The first-order chi connectivity index (χ1) is 13.1. The van der Waals surface area contributed by atoms with Crippen molar-refractivity contribution in [1.82, 2.24) is 24.6 Å². The van der Waals surface area contributed by atoms with Crippen LogP contribution in [-0.4, -0.2) is 42.4 Å². The van der Waals surface area contributed by atoms with E-state index < -0.39 is 24.9 Å². The van der Waals surface area contributed by atoms with Crippen LogP contribution in [0, 0.1) is 4.64 Å². The number of hydrogen-bond acceptors (Lipinski definition) is 5. The second-order valence-corrected chi connectivity index (χ2v) is 7.48. The lowest BCUT2D eigenvalue weighted by Crippen LogP contribution is -2.36. The number of aromatic amines is 1. The molecule has 0 atom stereocenters. The molecule has 0 amide bonds. The molecule has 5 nitrogen and oxygen atoms in total. The molecule has 0 unspecified atom stereocenters. The summed E-state index contributed by atoms with van der Waals surface area (Å²) in [5.41, 5.74) is 1.61. The fourth-order valence-corrected chi connectivity index (χ4v) is 3.45. The first kappa shape index (κ1) is 20.6. The molecule has 0 aliphatic carbocycles. The molecule has 0 spiro atoms. The fourth-order valence-electron chi connectivity index (χ4n) is 2.47. The third-order valence-corrected chi connectivity index (χ3v) is 5.06. The Kier molecular flexibility index (Phi) is 5.71. The van der Waals surface area contributed by atoms with Gasteiger partial charge in [-0.05, 0) is 18.2 Å². The Morgan fingerprint density at radius 1 is 1.14 bits per heavy atom. The first-order valence-corrected chi connectivity index (χ1v) is 9.52. The zero-order chi connectivity index (χ0) is 20.5. The molecule has 28 heavy (non-hydrogen) atoms. The average molecular weight is 435 g/mol. The molecule has 12 heteroatoms. The number of hydrogen-bond donors (Lipinski definition) is 1. The van der Waals surface area contributed by atoms with Crippen molar-refractivity contribution in [2.75, 3.05) is 5.75 Å². The van der Waals surface area contributed by atoms with Crippen molar-refractivity contribution >= 4 is 29.6 Å². The van der Waals surface area contributed by atoms with Gasteiger partial charge in [0.25, 0.3) is 0 Å². The quantitative estimate of drug-likeness (QED) is 0.332. The van der Waals surface area contributed by atoms with E-state index in [0.29, 0.717) is 21.5 Å². The van der Waals surface area contributed by atoms with Gasteiger partial charge in [-0.25, -0.2) is 9.50 Å². The Morgan fingerprint density at radius 3 is 2.50 bits per heavy atom. The van der Waals surface area contributed by atoms with Gasteiger partial charge in [-0.2, -0.15) is 22.0 Å². The van der Waals surface area contributed by atoms with Crippen molar-refractivity contribution in [3.05, 3.63) is 35.0 Å². The van der Waals surface area contributed by atoms with E-state index in [4.69, 9.17) is 12.2 Å². The van der Waals surface area contributed by atoms with Crippen molar-refractivity contribution in [3.8, 4) is 11.3 Å². The molecule has 150 valence electrons. The summed E-state index contributed by atoms with van der Waals surface area (Å²) >= 11 is 6.76. The Hall–Kier alpha value is -2.08. The van der Waals surface area contributed by atoms with E-state index in [2.05, 4.69) is 20.1 Å². The molecule has 1 N–H and O–H groups in total. The summed E-state index contributed by atoms with van der Waals surface area (Å²) in [6.45, 7) is 1.96. The number of thioether (sulfide) groups is 1. The van der Waals surface area contributed by atoms with Crippen LogP contribution in [0.15, 0.2) is 29.7 Å². The van der Waals surface area contributed by atoms with Crippen LogP contribution in [-0.2, 0) is 6.42 Å². The van der Waals surface area contributed by atoms with Gasteiger partial charge < -0.3 is 0 Å². The smallest absolute Gasteiger partial charge is 0.284 e. The molecule has 0 bridgehead atoms. The van der Waals surface area contributed by atoms with Gasteiger partial charge in [0, 0.05) is 18.8 Å². The Balaban J connectivity index is 1.91. The van der Waals surface area contributed by atoms with Gasteiger partial charge in [0.05, 0.1) is 23.1 Å². The summed E-state index contributed by atoms with van der Waals surface area (Å²) in [4.78, 5) is 12.5. The van der Waals surface area contributed by atoms with Crippen LogP contribution in [0.2, 0.25) is 0 Å². The minimum absolute atomic E-state index is 0.0433. The highest BCUT2D eigenvalue weighted by atomic mass is 32.2. The summed E-state index contributed by atoms with van der Waals surface area (Å²) < 4.78 is 65.1. The Bertz CT molecular complexity index is 1030. The number of rotatable bonds is 6. The predicted octanol–water partition coefficient (Wildman–Crippen LogP) is 5.09. The third-order valence-electron chi connectivity index (χ3n) is 3.87. The van der Waals surface area contributed by atoms with E-state index in [0.717, 1.165) is 10.8 Å². The number of fused-ring (bicyclic) bond motifs is 1. The Labute approximate surface area is 165 Å². The maximum atomic E-state index is 13.1. The molecule has 0 aliphatic rings.